The number of hydrogen-bond donors (Lipinski definition) is 1. The highest BCUT2D eigenvalue weighted by Crippen LogP contribution is 2.33. The minimum Gasteiger partial charge on any atom is -0.490 e. The Kier molecular flexibility index (Phi) is 5.39. The first-order chi connectivity index (χ1) is 11.7. The summed E-state index contributed by atoms with van der Waals surface area (Å²) in [6.45, 7) is 0. The van der Waals surface area contributed by atoms with E-state index in [4.69, 9.17) is 16.3 Å². The molecular weight excluding hydrogens is 370 g/mol. The number of hydrogen-bond acceptors (Lipinski definition) is 6. The van der Waals surface area contributed by atoms with Gasteiger partial charge in [0.15, 0.2) is 5.75 Å². The highest BCUT2D eigenvalue weighted by atomic mass is 35.5. The van der Waals surface area contributed by atoms with E-state index in [2.05, 4.69) is 4.72 Å². The summed E-state index contributed by atoms with van der Waals surface area (Å²) < 4.78 is 32.5. The van der Waals surface area contributed by atoms with Gasteiger partial charge in [0.2, 0.25) is 0 Å². The van der Waals surface area contributed by atoms with Crippen LogP contribution in [0.5, 0.6) is 5.75 Å². The molecule has 0 radical (unpaired) electrons. The van der Waals surface area contributed by atoms with Crippen molar-refractivity contribution in [3.05, 3.63) is 51.5 Å². The minimum absolute atomic E-state index is 0.0271. The number of ether oxygens (including phenoxy) is 1. The zero-order chi connectivity index (χ0) is 18.8. The molecule has 0 spiro atoms. The number of sulfonamides is 1. The maximum absolute atomic E-state index is 12.6. The van der Waals surface area contributed by atoms with Crippen molar-refractivity contribution in [2.24, 2.45) is 0 Å². The van der Waals surface area contributed by atoms with Crippen LogP contribution in [0, 0.1) is 10.1 Å². The fourth-order valence-electron chi connectivity index (χ4n) is 2.16. The predicted molar refractivity (Wildman–Crippen MR) is 96.2 cm³/mol. The van der Waals surface area contributed by atoms with Crippen LogP contribution in [0.4, 0.5) is 17.1 Å². The van der Waals surface area contributed by atoms with Gasteiger partial charge < -0.3 is 9.64 Å². The molecule has 0 unspecified atom stereocenters. The maximum Gasteiger partial charge on any atom is 0.312 e. The zero-order valence-electron chi connectivity index (χ0n) is 13.7. The molecule has 0 bridgehead atoms. The highest BCUT2D eigenvalue weighted by molar-refractivity contribution is 7.92. The summed E-state index contributed by atoms with van der Waals surface area (Å²) in [7, 11) is 0.704. The van der Waals surface area contributed by atoms with Crippen LogP contribution in [0.2, 0.25) is 5.02 Å². The van der Waals surface area contributed by atoms with Crippen LogP contribution in [0.25, 0.3) is 0 Å². The monoisotopic (exact) mass is 385 g/mol. The summed E-state index contributed by atoms with van der Waals surface area (Å²) in [5, 5.41) is 11.4. The predicted octanol–water partition coefficient (Wildman–Crippen LogP) is 3.12. The van der Waals surface area contributed by atoms with Crippen molar-refractivity contribution < 1.29 is 18.1 Å². The van der Waals surface area contributed by atoms with Gasteiger partial charge in [0.1, 0.15) is 0 Å². The van der Waals surface area contributed by atoms with Gasteiger partial charge in [-0.1, -0.05) is 11.6 Å². The second-order valence-corrected chi connectivity index (χ2v) is 7.37. The molecule has 0 fully saturated rings. The average molecular weight is 386 g/mol. The molecular formula is C15H16ClN3O5S. The highest BCUT2D eigenvalue weighted by Gasteiger charge is 2.23. The van der Waals surface area contributed by atoms with Gasteiger partial charge in [0, 0.05) is 25.2 Å². The zero-order valence-corrected chi connectivity index (χ0v) is 15.3. The van der Waals surface area contributed by atoms with E-state index in [-0.39, 0.29) is 16.3 Å². The first-order valence-corrected chi connectivity index (χ1v) is 8.84. The molecule has 25 heavy (non-hydrogen) atoms. The summed E-state index contributed by atoms with van der Waals surface area (Å²) in [5.74, 6) is -0.0271. The molecule has 0 amide bonds. The lowest BCUT2D eigenvalue weighted by Crippen LogP contribution is -2.17. The third kappa shape index (κ3) is 4.12. The Morgan fingerprint density at radius 3 is 2.44 bits per heavy atom. The van der Waals surface area contributed by atoms with Crippen LogP contribution < -0.4 is 14.4 Å². The van der Waals surface area contributed by atoms with Gasteiger partial charge in [-0.25, -0.2) is 8.42 Å². The van der Waals surface area contributed by atoms with Crippen molar-refractivity contribution in [1.29, 1.82) is 0 Å². The molecule has 0 atom stereocenters. The Balaban J connectivity index is 2.49. The summed E-state index contributed by atoms with van der Waals surface area (Å²) in [6.07, 6.45) is 0. The van der Waals surface area contributed by atoms with E-state index in [1.165, 1.54) is 25.3 Å². The van der Waals surface area contributed by atoms with Crippen LogP contribution >= 0.6 is 11.6 Å². The molecule has 0 aliphatic carbocycles. The summed E-state index contributed by atoms with van der Waals surface area (Å²) in [5.41, 5.74) is 0.413. The van der Waals surface area contributed by atoms with Crippen LogP contribution in [0.15, 0.2) is 41.3 Å². The number of nitrogens with zero attached hydrogens (tertiary/aromatic N) is 2. The fourth-order valence-corrected chi connectivity index (χ4v) is 3.42. The Hall–Kier alpha value is -2.52. The van der Waals surface area contributed by atoms with Crippen molar-refractivity contribution in [2.45, 2.75) is 4.90 Å². The van der Waals surface area contributed by atoms with E-state index >= 15 is 0 Å². The number of anilines is 2. The molecule has 0 aromatic heterocycles. The van der Waals surface area contributed by atoms with Gasteiger partial charge in [-0.2, -0.15) is 0 Å². The molecule has 0 heterocycles. The molecule has 0 aliphatic heterocycles. The van der Waals surface area contributed by atoms with Crippen molar-refractivity contribution in [3.63, 3.8) is 0 Å². The number of halogens is 1. The van der Waals surface area contributed by atoms with Crippen molar-refractivity contribution in [2.75, 3.05) is 30.8 Å². The maximum atomic E-state index is 12.6. The molecule has 10 heteroatoms. The van der Waals surface area contributed by atoms with Crippen LogP contribution in [0.1, 0.15) is 0 Å². The topological polar surface area (TPSA) is 102 Å². The molecule has 134 valence electrons. The van der Waals surface area contributed by atoms with Gasteiger partial charge >= 0.3 is 5.69 Å². The van der Waals surface area contributed by atoms with Crippen LogP contribution in [-0.4, -0.2) is 34.5 Å². The van der Waals surface area contributed by atoms with Crippen molar-refractivity contribution in [1.82, 2.24) is 0 Å². The Labute approximate surface area is 150 Å². The lowest BCUT2D eigenvalue weighted by atomic mass is 10.2. The third-order valence-electron chi connectivity index (χ3n) is 3.34. The van der Waals surface area contributed by atoms with Gasteiger partial charge in [0.25, 0.3) is 10.0 Å². The molecule has 1 N–H and O–H groups in total. The second kappa shape index (κ2) is 7.16. The van der Waals surface area contributed by atoms with Crippen molar-refractivity contribution >= 4 is 38.7 Å². The molecule has 0 aliphatic rings. The number of nitro benzene ring substituents is 1. The fraction of sp³-hybridized carbons (Fsp3) is 0.200. The van der Waals surface area contributed by atoms with E-state index in [9.17, 15) is 18.5 Å². The number of methoxy groups -OCH3 is 1. The average Bonchev–Trinajstić information content (AvgIpc) is 2.53. The SMILES string of the molecule is COc1ccc(S(=O)(=O)Nc2cc(Cl)ccc2N(C)C)cc1[N+](=O)[O-]. The van der Waals surface area contributed by atoms with Gasteiger partial charge in [-0.05, 0) is 30.3 Å². The van der Waals surface area contributed by atoms with Gasteiger partial charge in [-0.15, -0.1) is 0 Å². The quantitative estimate of drug-likeness (QED) is 0.605. The molecule has 0 saturated heterocycles. The third-order valence-corrected chi connectivity index (χ3v) is 4.94. The number of rotatable bonds is 6. The smallest absolute Gasteiger partial charge is 0.312 e. The number of benzene rings is 2. The first kappa shape index (κ1) is 18.8. The Bertz CT molecular complexity index is 915. The standard InChI is InChI=1S/C15H16ClN3O5S/c1-18(2)13-6-4-10(16)8-12(13)17-25(22,23)11-5-7-15(24-3)14(9-11)19(20)21/h4-9,17H,1-3H3. The van der Waals surface area contributed by atoms with E-state index in [1.54, 1.807) is 31.1 Å². The minimum atomic E-state index is -4.06. The first-order valence-electron chi connectivity index (χ1n) is 6.98. The van der Waals surface area contributed by atoms with E-state index < -0.39 is 20.6 Å². The lowest BCUT2D eigenvalue weighted by Gasteiger charge is -2.19. The Morgan fingerprint density at radius 2 is 1.88 bits per heavy atom. The molecule has 8 nitrogen and oxygen atoms in total. The number of nitrogens with one attached hydrogen (secondary N) is 1. The number of nitro groups is 1. The van der Waals surface area contributed by atoms with E-state index in [1.807, 2.05) is 0 Å². The van der Waals surface area contributed by atoms with Gasteiger partial charge in [-0.3, -0.25) is 14.8 Å². The Morgan fingerprint density at radius 1 is 1.20 bits per heavy atom. The molecule has 2 rings (SSSR count). The largest absolute Gasteiger partial charge is 0.490 e. The summed E-state index contributed by atoms with van der Waals surface area (Å²) in [4.78, 5) is 11.8. The lowest BCUT2D eigenvalue weighted by molar-refractivity contribution is -0.386. The molecule has 2 aromatic carbocycles. The van der Waals surface area contributed by atoms with Crippen LogP contribution in [0.3, 0.4) is 0 Å². The van der Waals surface area contributed by atoms with Crippen LogP contribution in [-0.2, 0) is 10.0 Å². The molecule has 0 saturated carbocycles. The van der Waals surface area contributed by atoms with Gasteiger partial charge in [0.05, 0.1) is 28.3 Å². The molecule has 2 aromatic rings. The summed E-state index contributed by atoms with van der Waals surface area (Å²) in [6, 6.07) is 8.17. The normalized spacial score (nSPS) is 11.0. The second-order valence-electron chi connectivity index (χ2n) is 5.25. The summed E-state index contributed by atoms with van der Waals surface area (Å²) >= 11 is 5.94. The van der Waals surface area contributed by atoms with E-state index in [0.29, 0.717) is 10.7 Å². The van der Waals surface area contributed by atoms with E-state index in [0.717, 1.165) is 6.07 Å². The van der Waals surface area contributed by atoms with Crippen molar-refractivity contribution in [3.8, 4) is 5.75 Å².